The van der Waals surface area contributed by atoms with E-state index in [1.165, 1.54) is 30.3 Å². The number of anilines is 1. The Morgan fingerprint density at radius 3 is 2.50 bits per heavy atom. The van der Waals surface area contributed by atoms with Crippen LogP contribution in [0.5, 0.6) is 11.5 Å². The molecule has 2 aromatic carbocycles. The molecule has 0 radical (unpaired) electrons. The molecule has 0 amide bonds. The van der Waals surface area contributed by atoms with E-state index >= 15 is 0 Å². The summed E-state index contributed by atoms with van der Waals surface area (Å²) in [6.45, 7) is 1.61. The number of rotatable bonds is 2. The molecule has 0 aromatic heterocycles. The summed E-state index contributed by atoms with van der Waals surface area (Å²) in [6.07, 6.45) is 0. The van der Waals surface area contributed by atoms with Gasteiger partial charge < -0.3 is 10.5 Å². The lowest BCUT2D eigenvalue weighted by atomic mass is 10.2. The van der Waals surface area contributed by atoms with Crippen LogP contribution in [0.4, 0.5) is 14.5 Å². The smallest absolute Gasteiger partial charge is 0.150 e. The maximum Gasteiger partial charge on any atom is 0.150 e. The van der Waals surface area contributed by atoms with Crippen molar-refractivity contribution < 1.29 is 13.5 Å². The van der Waals surface area contributed by atoms with Gasteiger partial charge in [0.25, 0.3) is 0 Å². The van der Waals surface area contributed by atoms with Crippen LogP contribution >= 0.6 is 15.9 Å². The molecule has 2 N–H and O–H groups in total. The van der Waals surface area contributed by atoms with E-state index < -0.39 is 0 Å². The Labute approximate surface area is 112 Å². The summed E-state index contributed by atoms with van der Waals surface area (Å²) >= 11 is 3.06. The molecule has 5 heteroatoms. The van der Waals surface area contributed by atoms with Crippen LogP contribution in [0.2, 0.25) is 0 Å². The fourth-order valence-electron chi connectivity index (χ4n) is 1.43. The van der Waals surface area contributed by atoms with Gasteiger partial charge in [-0.15, -0.1) is 0 Å². The van der Waals surface area contributed by atoms with E-state index in [0.717, 1.165) is 0 Å². The second-order valence-electron chi connectivity index (χ2n) is 3.82. The Balaban J connectivity index is 2.34. The van der Waals surface area contributed by atoms with Crippen LogP contribution in [-0.2, 0) is 0 Å². The molecule has 0 heterocycles. The zero-order valence-electron chi connectivity index (χ0n) is 9.51. The van der Waals surface area contributed by atoms with E-state index in [1.54, 1.807) is 6.92 Å². The first-order valence-electron chi connectivity index (χ1n) is 5.16. The van der Waals surface area contributed by atoms with Crippen molar-refractivity contribution in [2.75, 3.05) is 5.73 Å². The predicted octanol–water partition coefficient (Wildman–Crippen LogP) is 4.41. The van der Waals surface area contributed by atoms with Crippen LogP contribution in [-0.4, -0.2) is 0 Å². The van der Waals surface area contributed by atoms with Gasteiger partial charge in [-0.1, -0.05) is 0 Å². The normalized spacial score (nSPS) is 10.4. The second kappa shape index (κ2) is 4.94. The summed E-state index contributed by atoms with van der Waals surface area (Å²) in [5.41, 5.74) is 6.28. The van der Waals surface area contributed by atoms with Gasteiger partial charge in [0.2, 0.25) is 0 Å². The first-order valence-corrected chi connectivity index (χ1v) is 5.95. The molecule has 0 saturated carbocycles. The number of nitrogens with two attached hydrogens (primary N) is 1. The Hall–Kier alpha value is -1.62. The molecule has 0 aliphatic heterocycles. The van der Waals surface area contributed by atoms with Gasteiger partial charge in [0, 0.05) is 6.07 Å². The summed E-state index contributed by atoms with van der Waals surface area (Å²) in [5.74, 6) is -0.0147. The molecular weight excluding hydrogens is 304 g/mol. The minimum absolute atomic E-state index is 0.193. The van der Waals surface area contributed by atoms with Crippen molar-refractivity contribution in [2.45, 2.75) is 6.92 Å². The van der Waals surface area contributed by atoms with Gasteiger partial charge in [0.1, 0.15) is 17.4 Å². The first kappa shape index (κ1) is 12.8. The fraction of sp³-hybridized carbons (Fsp3) is 0.0769. The zero-order chi connectivity index (χ0) is 13.3. The molecule has 0 spiro atoms. The standard InChI is InChI=1S/C13H10BrF2NO/c1-7-4-13(12(17)6-11(7)16)18-8-2-3-10(15)9(14)5-8/h2-6H,17H2,1H3. The van der Waals surface area contributed by atoms with E-state index in [0.29, 0.717) is 17.1 Å². The summed E-state index contributed by atoms with van der Waals surface area (Å²) in [6, 6.07) is 6.92. The summed E-state index contributed by atoms with van der Waals surface area (Å²) in [5, 5.41) is 0. The van der Waals surface area contributed by atoms with Crippen molar-refractivity contribution in [3.05, 3.63) is 52.0 Å². The molecule has 0 atom stereocenters. The number of ether oxygens (including phenoxy) is 1. The third kappa shape index (κ3) is 2.61. The lowest BCUT2D eigenvalue weighted by Crippen LogP contribution is -1.95. The Morgan fingerprint density at radius 2 is 1.83 bits per heavy atom. The van der Waals surface area contributed by atoms with Crippen molar-refractivity contribution in [3.8, 4) is 11.5 Å². The fourth-order valence-corrected chi connectivity index (χ4v) is 1.78. The van der Waals surface area contributed by atoms with Crippen LogP contribution in [0, 0.1) is 18.6 Å². The maximum atomic E-state index is 13.2. The minimum Gasteiger partial charge on any atom is -0.455 e. The molecule has 94 valence electrons. The molecule has 0 fully saturated rings. The van der Waals surface area contributed by atoms with Crippen molar-refractivity contribution in [3.63, 3.8) is 0 Å². The Bertz CT molecular complexity index is 602. The van der Waals surface area contributed by atoms with E-state index in [9.17, 15) is 8.78 Å². The third-order valence-corrected chi connectivity index (χ3v) is 3.02. The van der Waals surface area contributed by atoms with Crippen LogP contribution in [0.1, 0.15) is 5.56 Å². The SMILES string of the molecule is Cc1cc(Oc2ccc(F)c(Br)c2)c(N)cc1F. The highest BCUT2D eigenvalue weighted by atomic mass is 79.9. The third-order valence-electron chi connectivity index (χ3n) is 2.41. The number of hydrogen-bond donors (Lipinski definition) is 1. The maximum absolute atomic E-state index is 13.2. The molecule has 0 unspecified atom stereocenters. The van der Waals surface area contributed by atoms with Crippen LogP contribution < -0.4 is 10.5 Å². The highest BCUT2D eigenvalue weighted by molar-refractivity contribution is 9.10. The molecule has 18 heavy (non-hydrogen) atoms. The zero-order valence-corrected chi connectivity index (χ0v) is 11.1. The minimum atomic E-state index is -0.389. The van der Waals surface area contributed by atoms with Gasteiger partial charge in [-0.25, -0.2) is 8.78 Å². The molecule has 2 nitrogen and oxygen atoms in total. The topological polar surface area (TPSA) is 35.2 Å². The van der Waals surface area contributed by atoms with Crippen molar-refractivity contribution in [1.29, 1.82) is 0 Å². The van der Waals surface area contributed by atoms with Gasteiger partial charge >= 0.3 is 0 Å². The Morgan fingerprint density at radius 1 is 1.11 bits per heavy atom. The van der Waals surface area contributed by atoms with E-state index in [4.69, 9.17) is 10.5 Å². The number of halogens is 3. The summed E-state index contributed by atoms with van der Waals surface area (Å²) < 4.78 is 32.1. The number of hydrogen-bond acceptors (Lipinski definition) is 2. The quantitative estimate of drug-likeness (QED) is 0.833. The molecule has 0 aliphatic rings. The Kier molecular flexibility index (Phi) is 3.52. The van der Waals surface area contributed by atoms with Gasteiger partial charge in [-0.3, -0.25) is 0 Å². The van der Waals surface area contributed by atoms with E-state index in [2.05, 4.69) is 15.9 Å². The molecule has 0 bridgehead atoms. The molecule has 2 rings (SSSR count). The average Bonchev–Trinajstić information content (AvgIpc) is 2.31. The summed E-state index contributed by atoms with van der Waals surface area (Å²) in [4.78, 5) is 0. The number of benzene rings is 2. The van der Waals surface area contributed by atoms with Crippen molar-refractivity contribution in [2.24, 2.45) is 0 Å². The molecule has 0 saturated heterocycles. The largest absolute Gasteiger partial charge is 0.455 e. The lowest BCUT2D eigenvalue weighted by molar-refractivity contribution is 0.479. The molecular formula is C13H10BrF2NO. The van der Waals surface area contributed by atoms with Crippen LogP contribution in [0.3, 0.4) is 0 Å². The number of nitrogen functional groups attached to an aromatic ring is 1. The van der Waals surface area contributed by atoms with Gasteiger partial charge in [0.15, 0.2) is 5.75 Å². The average molecular weight is 314 g/mol. The lowest BCUT2D eigenvalue weighted by Gasteiger charge is -2.10. The highest BCUT2D eigenvalue weighted by Crippen LogP contribution is 2.31. The van der Waals surface area contributed by atoms with Gasteiger partial charge in [-0.05, 0) is 52.7 Å². The number of aryl methyl sites for hydroxylation is 1. The van der Waals surface area contributed by atoms with E-state index in [1.807, 2.05) is 0 Å². The van der Waals surface area contributed by atoms with Gasteiger partial charge in [0.05, 0.1) is 10.2 Å². The van der Waals surface area contributed by atoms with E-state index in [-0.39, 0.29) is 21.8 Å². The predicted molar refractivity (Wildman–Crippen MR) is 69.7 cm³/mol. The molecule has 2 aromatic rings. The monoisotopic (exact) mass is 313 g/mol. The first-order chi connectivity index (χ1) is 8.47. The highest BCUT2D eigenvalue weighted by Gasteiger charge is 2.08. The van der Waals surface area contributed by atoms with Crippen molar-refractivity contribution >= 4 is 21.6 Å². The van der Waals surface area contributed by atoms with Crippen molar-refractivity contribution in [1.82, 2.24) is 0 Å². The second-order valence-corrected chi connectivity index (χ2v) is 4.67. The van der Waals surface area contributed by atoms with Gasteiger partial charge in [-0.2, -0.15) is 0 Å². The van der Waals surface area contributed by atoms with Crippen LogP contribution in [0.15, 0.2) is 34.8 Å². The summed E-state index contributed by atoms with van der Waals surface area (Å²) in [7, 11) is 0. The molecule has 0 aliphatic carbocycles. The van der Waals surface area contributed by atoms with Crippen LogP contribution in [0.25, 0.3) is 0 Å².